The molecule has 1 spiro atoms. The highest BCUT2D eigenvalue weighted by molar-refractivity contribution is 6.33. The van der Waals surface area contributed by atoms with Crippen LogP contribution in [0.15, 0.2) is 59.6 Å². The van der Waals surface area contributed by atoms with Crippen molar-refractivity contribution in [3.8, 4) is 0 Å². The molecule has 184 valence electrons. The minimum atomic E-state index is -1.27. The first-order valence-corrected chi connectivity index (χ1v) is 12.4. The third-order valence-electron chi connectivity index (χ3n) is 7.40. The van der Waals surface area contributed by atoms with Crippen LogP contribution in [0.25, 0.3) is 0 Å². The molecule has 5 heteroatoms. The van der Waals surface area contributed by atoms with Crippen molar-refractivity contribution in [3.05, 3.63) is 93.5 Å². The predicted molar refractivity (Wildman–Crippen MR) is 146 cm³/mol. The number of anilines is 2. The molecule has 2 aliphatic heterocycles. The molecular formula is C31H33N3O2. The molecule has 2 aliphatic rings. The van der Waals surface area contributed by atoms with Gasteiger partial charge < -0.3 is 0 Å². The van der Waals surface area contributed by atoms with Crippen LogP contribution in [0.1, 0.15) is 52.8 Å². The SMILES string of the molecule is Cc1cc(C)c(N2C(=O)C(C)(C)C(=O)N(c3c(C)cc(C)cc3C)C23N=C3c2ccccc2)c(C)c1. The van der Waals surface area contributed by atoms with E-state index in [1.165, 1.54) is 0 Å². The van der Waals surface area contributed by atoms with Gasteiger partial charge in [0.05, 0.1) is 11.4 Å². The molecule has 0 unspecified atom stereocenters. The van der Waals surface area contributed by atoms with E-state index in [1.54, 1.807) is 23.6 Å². The molecule has 0 aromatic heterocycles. The van der Waals surface area contributed by atoms with Crippen molar-refractivity contribution in [2.24, 2.45) is 10.4 Å². The summed E-state index contributed by atoms with van der Waals surface area (Å²) < 4.78 is 0. The summed E-state index contributed by atoms with van der Waals surface area (Å²) in [5.41, 5.74) is 8.18. The fraction of sp³-hybridized carbons (Fsp3) is 0.323. The van der Waals surface area contributed by atoms with Gasteiger partial charge in [0.25, 0.3) is 5.79 Å². The summed E-state index contributed by atoms with van der Waals surface area (Å²) in [7, 11) is 0. The van der Waals surface area contributed by atoms with Crippen molar-refractivity contribution in [3.63, 3.8) is 0 Å². The normalized spacial score (nSPS) is 18.1. The Balaban J connectivity index is 1.85. The molecule has 0 radical (unpaired) electrons. The molecule has 3 aromatic carbocycles. The highest BCUT2D eigenvalue weighted by Crippen LogP contribution is 2.53. The lowest BCUT2D eigenvalue weighted by Gasteiger charge is -2.50. The summed E-state index contributed by atoms with van der Waals surface area (Å²) in [6.07, 6.45) is 0. The second kappa shape index (κ2) is 7.89. The lowest BCUT2D eigenvalue weighted by Crippen LogP contribution is -2.71. The van der Waals surface area contributed by atoms with Crippen molar-refractivity contribution in [1.29, 1.82) is 0 Å². The zero-order chi connectivity index (χ0) is 26.2. The highest BCUT2D eigenvalue weighted by atomic mass is 16.2. The molecule has 1 saturated heterocycles. The Hall–Kier alpha value is -3.73. The Bertz CT molecular complexity index is 1340. The summed E-state index contributed by atoms with van der Waals surface area (Å²) in [4.78, 5) is 37.2. The predicted octanol–water partition coefficient (Wildman–Crippen LogP) is 6.10. The molecule has 1 fully saturated rings. The number of hydrogen-bond acceptors (Lipinski definition) is 3. The molecular weight excluding hydrogens is 446 g/mol. The van der Waals surface area contributed by atoms with Gasteiger partial charge in [-0.3, -0.25) is 19.4 Å². The number of carbonyl (C=O) groups excluding carboxylic acids is 2. The third-order valence-corrected chi connectivity index (χ3v) is 7.40. The van der Waals surface area contributed by atoms with Gasteiger partial charge in [-0.05, 0) is 77.6 Å². The fourth-order valence-corrected chi connectivity index (χ4v) is 5.89. The molecule has 36 heavy (non-hydrogen) atoms. The maximum atomic E-state index is 14.3. The van der Waals surface area contributed by atoms with Gasteiger partial charge in [-0.2, -0.15) is 0 Å². The summed E-state index contributed by atoms with van der Waals surface area (Å²) in [6, 6.07) is 18.2. The quantitative estimate of drug-likeness (QED) is 0.426. The van der Waals surface area contributed by atoms with E-state index in [1.807, 2.05) is 58.0 Å². The van der Waals surface area contributed by atoms with Crippen molar-refractivity contribution >= 4 is 28.9 Å². The first-order chi connectivity index (χ1) is 16.9. The lowest BCUT2D eigenvalue weighted by molar-refractivity contribution is -0.141. The number of hydrogen-bond donors (Lipinski definition) is 0. The zero-order valence-electron chi connectivity index (χ0n) is 22.4. The van der Waals surface area contributed by atoms with E-state index in [0.717, 1.165) is 56.0 Å². The summed E-state index contributed by atoms with van der Waals surface area (Å²) in [5, 5.41) is 0. The van der Waals surface area contributed by atoms with Gasteiger partial charge in [-0.25, -0.2) is 4.99 Å². The summed E-state index contributed by atoms with van der Waals surface area (Å²) in [6.45, 7) is 15.7. The van der Waals surface area contributed by atoms with Crippen LogP contribution in [0.3, 0.4) is 0 Å². The van der Waals surface area contributed by atoms with Crippen molar-refractivity contribution in [2.75, 3.05) is 9.80 Å². The van der Waals surface area contributed by atoms with E-state index in [-0.39, 0.29) is 11.8 Å². The fourth-order valence-electron chi connectivity index (χ4n) is 5.89. The van der Waals surface area contributed by atoms with Crippen LogP contribution in [0, 0.1) is 47.0 Å². The minimum Gasteiger partial charge on any atom is -0.273 e. The van der Waals surface area contributed by atoms with Crippen molar-refractivity contribution in [2.45, 2.75) is 61.2 Å². The van der Waals surface area contributed by atoms with E-state index in [9.17, 15) is 9.59 Å². The summed E-state index contributed by atoms with van der Waals surface area (Å²) in [5.74, 6) is -1.73. The van der Waals surface area contributed by atoms with Gasteiger partial charge in [0.2, 0.25) is 11.8 Å². The number of rotatable bonds is 3. The molecule has 2 heterocycles. The standard InChI is InChI=1S/C31H33N3O2/c1-18-14-20(3)25(21(4)15-18)33-28(35)30(7,8)29(36)34(26-22(5)16-19(2)17-23(26)6)31(33)27(32-31)24-12-10-9-11-13-24/h9-17H,1-8H3. The number of amides is 2. The van der Waals surface area contributed by atoms with E-state index < -0.39 is 11.2 Å². The second-order valence-electron chi connectivity index (χ2n) is 10.9. The number of aryl methyl sites for hydroxylation is 6. The van der Waals surface area contributed by atoms with Crippen LogP contribution in [-0.4, -0.2) is 23.3 Å². The monoisotopic (exact) mass is 479 g/mol. The van der Waals surface area contributed by atoms with Gasteiger partial charge in [-0.1, -0.05) is 65.7 Å². The Morgan fingerprint density at radius 1 is 0.639 bits per heavy atom. The van der Waals surface area contributed by atoms with E-state index in [4.69, 9.17) is 4.99 Å². The number of carbonyl (C=O) groups is 2. The van der Waals surface area contributed by atoms with Crippen LogP contribution in [0.5, 0.6) is 0 Å². The average molecular weight is 480 g/mol. The number of aliphatic imine (C=N–C) groups is 1. The molecule has 0 bridgehead atoms. The smallest absolute Gasteiger partial charge is 0.268 e. The van der Waals surface area contributed by atoms with Gasteiger partial charge in [0.1, 0.15) is 11.1 Å². The first kappa shape index (κ1) is 24.0. The summed E-state index contributed by atoms with van der Waals surface area (Å²) >= 11 is 0. The molecule has 0 saturated carbocycles. The molecule has 5 nitrogen and oxygen atoms in total. The van der Waals surface area contributed by atoms with Crippen LogP contribution in [0.4, 0.5) is 11.4 Å². The van der Waals surface area contributed by atoms with E-state index >= 15 is 0 Å². The second-order valence-corrected chi connectivity index (χ2v) is 10.9. The van der Waals surface area contributed by atoms with E-state index in [2.05, 4.69) is 38.1 Å². The third kappa shape index (κ3) is 3.25. The Labute approximate surface area is 213 Å². The highest BCUT2D eigenvalue weighted by Gasteiger charge is 2.69. The topological polar surface area (TPSA) is 53.0 Å². The average Bonchev–Trinajstić information content (AvgIpc) is 3.53. The Morgan fingerprint density at radius 2 is 1.03 bits per heavy atom. The first-order valence-electron chi connectivity index (χ1n) is 12.4. The van der Waals surface area contributed by atoms with Crippen LogP contribution < -0.4 is 9.80 Å². The number of benzene rings is 3. The van der Waals surface area contributed by atoms with Crippen LogP contribution in [-0.2, 0) is 9.59 Å². The molecule has 3 aromatic rings. The maximum Gasteiger partial charge on any atom is 0.268 e. The largest absolute Gasteiger partial charge is 0.273 e. The minimum absolute atomic E-state index is 0.240. The molecule has 0 aliphatic carbocycles. The van der Waals surface area contributed by atoms with Crippen molar-refractivity contribution < 1.29 is 9.59 Å². The molecule has 5 rings (SSSR count). The van der Waals surface area contributed by atoms with Crippen LogP contribution >= 0.6 is 0 Å². The maximum absolute atomic E-state index is 14.3. The van der Waals surface area contributed by atoms with Gasteiger partial charge >= 0.3 is 0 Å². The molecule has 0 N–H and O–H groups in total. The number of nitrogens with zero attached hydrogens (tertiary/aromatic N) is 3. The van der Waals surface area contributed by atoms with Gasteiger partial charge in [0, 0.05) is 5.56 Å². The van der Waals surface area contributed by atoms with Crippen LogP contribution in [0.2, 0.25) is 0 Å². The van der Waals surface area contributed by atoms with Gasteiger partial charge in [0.15, 0.2) is 0 Å². The zero-order valence-corrected chi connectivity index (χ0v) is 22.4. The van der Waals surface area contributed by atoms with E-state index in [0.29, 0.717) is 0 Å². The van der Waals surface area contributed by atoms with Gasteiger partial charge in [-0.15, -0.1) is 0 Å². The lowest BCUT2D eigenvalue weighted by atomic mass is 9.83. The molecule has 0 atom stereocenters. The Kier molecular flexibility index (Phi) is 5.26. The van der Waals surface area contributed by atoms with Crippen molar-refractivity contribution in [1.82, 2.24) is 0 Å². The Morgan fingerprint density at radius 3 is 1.42 bits per heavy atom. The molecule has 2 amide bonds.